The summed E-state index contributed by atoms with van der Waals surface area (Å²) in [5.41, 5.74) is 1.59. The van der Waals surface area contributed by atoms with Crippen molar-refractivity contribution in [1.82, 2.24) is 0 Å². The lowest BCUT2D eigenvalue weighted by molar-refractivity contribution is -0.0506. The maximum absolute atomic E-state index is 12.5. The zero-order chi connectivity index (χ0) is 23.1. The summed E-state index contributed by atoms with van der Waals surface area (Å²) < 4.78 is 59.1. The Morgan fingerprint density at radius 1 is 0.625 bits per heavy atom. The van der Waals surface area contributed by atoms with Crippen LogP contribution in [0.2, 0.25) is 10.0 Å². The first-order valence-corrected chi connectivity index (χ1v) is 9.72. The Kier molecular flexibility index (Phi) is 8.08. The zero-order valence-electron chi connectivity index (χ0n) is 16.1. The van der Waals surface area contributed by atoms with Crippen molar-refractivity contribution in [2.45, 2.75) is 13.2 Å². The first-order chi connectivity index (χ1) is 15.3. The van der Waals surface area contributed by atoms with Crippen molar-refractivity contribution < 1.29 is 27.0 Å². The van der Waals surface area contributed by atoms with E-state index in [1.807, 2.05) is 0 Å². The van der Waals surface area contributed by atoms with Gasteiger partial charge < -0.3 is 9.47 Å². The van der Waals surface area contributed by atoms with Crippen LogP contribution in [0, 0.1) is 0 Å². The SMILES string of the molecule is FC(F)Oc1ccc(Cl)cc1C=Nc1ccc(N=Cc2cc(Cl)ccc2OC(F)F)cc1. The highest BCUT2D eigenvalue weighted by Crippen LogP contribution is 2.26. The fourth-order valence-electron chi connectivity index (χ4n) is 2.56. The minimum Gasteiger partial charge on any atom is -0.434 e. The molecule has 166 valence electrons. The second kappa shape index (κ2) is 11.0. The van der Waals surface area contributed by atoms with Gasteiger partial charge >= 0.3 is 13.2 Å². The van der Waals surface area contributed by atoms with E-state index in [4.69, 9.17) is 23.2 Å². The highest BCUT2D eigenvalue weighted by Gasteiger charge is 2.10. The molecule has 3 aromatic rings. The molecule has 0 unspecified atom stereocenters. The molecule has 3 aromatic carbocycles. The van der Waals surface area contributed by atoms with Crippen LogP contribution in [0.5, 0.6) is 11.5 Å². The molecule has 0 heterocycles. The number of aliphatic imine (C=N–C) groups is 2. The van der Waals surface area contributed by atoms with E-state index in [1.165, 1.54) is 48.8 Å². The smallest absolute Gasteiger partial charge is 0.387 e. The van der Waals surface area contributed by atoms with Crippen molar-refractivity contribution in [3.8, 4) is 11.5 Å². The molecule has 0 amide bonds. The lowest BCUT2D eigenvalue weighted by atomic mass is 10.2. The quantitative estimate of drug-likeness (QED) is 0.243. The molecule has 0 saturated heterocycles. The van der Waals surface area contributed by atoms with Crippen molar-refractivity contribution >= 4 is 47.0 Å². The van der Waals surface area contributed by atoms with Gasteiger partial charge in [-0.1, -0.05) is 23.2 Å². The Labute approximate surface area is 190 Å². The standard InChI is InChI=1S/C22H14Cl2F4N2O2/c23-15-1-7-19(31-21(25)26)13(9-15)11-29-17-3-5-18(6-4-17)30-12-14-10-16(24)2-8-20(14)32-22(27)28/h1-12,21-22H. The molecule has 0 bridgehead atoms. The molecular formula is C22H14Cl2F4N2O2. The van der Waals surface area contributed by atoms with E-state index in [0.29, 0.717) is 21.4 Å². The second-order valence-electron chi connectivity index (χ2n) is 6.15. The molecule has 10 heteroatoms. The molecule has 0 spiro atoms. The number of ether oxygens (including phenoxy) is 2. The average Bonchev–Trinajstić information content (AvgIpc) is 2.74. The highest BCUT2D eigenvalue weighted by atomic mass is 35.5. The largest absolute Gasteiger partial charge is 0.434 e. The van der Waals surface area contributed by atoms with Crippen LogP contribution >= 0.6 is 23.2 Å². The predicted molar refractivity (Wildman–Crippen MR) is 117 cm³/mol. The molecule has 0 aromatic heterocycles. The molecule has 4 nitrogen and oxygen atoms in total. The van der Waals surface area contributed by atoms with Crippen molar-refractivity contribution in [3.63, 3.8) is 0 Å². The summed E-state index contributed by atoms with van der Waals surface area (Å²) in [5.74, 6) is -0.115. The third-order valence-electron chi connectivity index (χ3n) is 3.93. The average molecular weight is 485 g/mol. The number of benzene rings is 3. The van der Waals surface area contributed by atoms with E-state index in [-0.39, 0.29) is 22.6 Å². The van der Waals surface area contributed by atoms with Crippen molar-refractivity contribution in [2.24, 2.45) is 9.98 Å². The number of rotatable bonds is 8. The van der Waals surface area contributed by atoms with E-state index in [1.54, 1.807) is 24.3 Å². The van der Waals surface area contributed by atoms with E-state index < -0.39 is 13.2 Å². The lowest BCUT2D eigenvalue weighted by Crippen LogP contribution is -2.04. The van der Waals surface area contributed by atoms with Gasteiger partial charge in [-0.25, -0.2) is 0 Å². The van der Waals surface area contributed by atoms with Crippen LogP contribution in [0.25, 0.3) is 0 Å². The van der Waals surface area contributed by atoms with Gasteiger partial charge in [0.05, 0.1) is 11.4 Å². The summed E-state index contributed by atoms with van der Waals surface area (Å²) in [4.78, 5) is 8.44. The predicted octanol–water partition coefficient (Wildman–Crippen LogP) is 7.70. The highest BCUT2D eigenvalue weighted by molar-refractivity contribution is 6.31. The zero-order valence-corrected chi connectivity index (χ0v) is 17.6. The fraction of sp³-hybridized carbons (Fsp3) is 0.0909. The topological polar surface area (TPSA) is 43.2 Å². The number of nitrogens with zero attached hydrogens (tertiary/aromatic N) is 2. The van der Waals surface area contributed by atoms with Gasteiger partial charge in [-0.05, 0) is 60.7 Å². The third-order valence-corrected chi connectivity index (χ3v) is 4.40. The molecule has 0 fully saturated rings. The Morgan fingerprint density at radius 2 is 1.00 bits per heavy atom. The van der Waals surface area contributed by atoms with Gasteiger partial charge in [0, 0.05) is 33.6 Å². The molecule has 0 aliphatic rings. The van der Waals surface area contributed by atoms with Crippen LogP contribution in [0.4, 0.5) is 28.9 Å². The first kappa shape index (κ1) is 23.6. The Morgan fingerprint density at radius 3 is 1.34 bits per heavy atom. The van der Waals surface area contributed by atoms with Crippen molar-refractivity contribution in [1.29, 1.82) is 0 Å². The van der Waals surface area contributed by atoms with Crippen LogP contribution in [0.3, 0.4) is 0 Å². The molecule has 0 aliphatic carbocycles. The summed E-state index contributed by atoms with van der Waals surface area (Å²) in [6, 6.07) is 15.0. The third kappa shape index (κ3) is 6.96. The maximum Gasteiger partial charge on any atom is 0.387 e. The van der Waals surface area contributed by atoms with Crippen LogP contribution in [-0.2, 0) is 0 Å². The minimum absolute atomic E-state index is 0.0577. The molecule has 0 saturated carbocycles. The summed E-state index contributed by atoms with van der Waals surface area (Å²) in [7, 11) is 0. The van der Waals surface area contributed by atoms with Crippen LogP contribution in [0.15, 0.2) is 70.6 Å². The van der Waals surface area contributed by atoms with Gasteiger partial charge in [0.25, 0.3) is 0 Å². The van der Waals surface area contributed by atoms with Crippen LogP contribution < -0.4 is 9.47 Å². The van der Waals surface area contributed by atoms with Gasteiger partial charge in [0.2, 0.25) is 0 Å². The van der Waals surface area contributed by atoms with E-state index in [2.05, 4.69) is 19.5 Å². The molecule has 0 atom stereocenters. The fourth-order valence-corrected chi connectivity index (χ4v) is 2.92. The lowest BCUT2D eigenvalue weighted by Gasteiger charge is -2.08. The summed E-state index contributed by atoms with van der Waals surface area (Å²) in [6.45, 7) is -5.96. The number of hydrogen-bond acceptors (Lipinski definition) is 4. The number of alkyl halides is 4. The van der Waals surface area contributed by atoms with E-state index in [0.717, 1.165) is 0 Å². The monoisotopic (exact) mass is 484 g/mol. The van der Waals surface area contributed by atoms with Crippen LogP contribution in [-0.4, -0.2) is 25.7 Å². The summed E-state index contributed by atoms with van der Waals surface area (Å²) in [5, 5.41) is 0.683. The Balaban J connectivity index is 1.76. The molecule has 3 rings (SSSR count). The number of halogens is 6. The molecule has 32 heavy (non-hydrogen) atoms. The summed E-state index contributed by atoms with van der Waals surface area (Å²) in [6.07, 6.45) is 2.70. The number of hydrogen-bond donors (Lipinski definition) is 0. The van der Waals surface area contributed by atoms with Gasteiger partial charge in [-0.3, -0.25) is 9.98 Å². The van der Waals surface area contributed by atoms with Crippen molar-refractivity contribution in [2.75, 3.05) is 0 Å². The Bertz CT molecular complexity index is 1030. The maximum atomic E-state index is 12.5. The molecule has 0 aliphatic heterocycles. The Hall–Kier alpha value is -3.10. The molecule has 0 N–H and O–H groups in total. The first-order valence-electron chi connectivity index (χ1n) is 8.97. The summed E-state index contributed by atoms with van der Waals surface area (Å²) >= 11 is 11.8. The van der Waals surface area contributed by atoms with Gasteiger partial charge in [0.1, 0.15) is 11.5 Å². The normalized spacial score (nSPS) is 11.8. The molecular weight excluding hydrogens is 471 g/mol. The molecule has 0 radical (unpaired) electrons. The van der Waals surface area contributed by atoms with Gasteiger partial charge in [-0.2, -0.15) is 17.6 Å². The van der Waals surface area contributed by atoms with Crippen LogP contribution in [0.1, 0.15) is 11.1 Å². The van der Waals surface area contributed by atoms with Gasteiger partial charge in [-0.15, -0.1) is 0 Å². The second-order valence-corrected chi connectivity index (χ2v) is 7.03. The van der Waals surface area contributed by atoms with E-state index in [9.17, 15) is 17.6 Å². The minimum atomic E-state index is -2.98. The van der Waals surface area contributed by atoms with Gasteiger partial charge in [0.15, 0.2) is 0 Å². The van der Waals surface area contributed by atoms with E-state index >= 15 is 0 Å². The van der Waals surface area contributed by atoms with Crippen molar-refractivity contribution in [3.05, 3.63) is 81.8 Å².